The summed E-state index contributed by atoms with van der Waals surface area (Å²) >= 11 is 3.28. The number of halogens is 1. The van der Waals surface area contributed by atoms with Crippen LogP contribution < -0.4 is 22.1 Å². The van der Waals surface area contributed by atoms with Gasteiger partial charge < -0.3 is 22.1 Å². The van der Waals surface area contributed by atoms with Crippen molar-refractivity contribution in [1.29, 1.82) is 0 Å². The number of nitrogen functional groups attached to an aromatic ring is 2. The molecule has 10 nitrogen and oxygen atoms in total. The maximum Gasteiger partial charge on any atom is 0.145 e. The minimum Gasteiger partial charge on any atom is -0.384 e. The number of pyridine rings is 2. The highest BCUT2D eigenvalue weighted by atomic mass is 79.9. The molecule has 0 bridgehead atoms. The molecule has 11 heteroatoms. The molecule has 0 saturated heterocycles. The van der Waals surface area contributed by atoms with Crippen LogP contribution in [0.2, 0.25) is 0 Å². The van der Waals surface area contributed by atoms with Crippen LogP contribution in [0, 0.1) is 0 Å². The zero-order valence-electron chi connectivity index (χ0n) is 16.0. The van der Waals surface area contributed by atoms with E-state index in [9.17, 15) is 0 Å². The number of H-pyrrole nitrogens is 1. The van der Waals surface area contributed by atoms with Crippen molar-refractivity contribution in [2.24, 2.45) is 0 Å². The Bertz CT molecular complexity index is 949. The van der Waals surface area contributed by atoms with Gasteiger partial charge in [-0.05, 0) is 46.3 Å². The lowest BCUT2D eigenvalue weighted by Gasteiger charge is -2.02. The number of nitrogens with one attached hydrogen (secondary N) is 3. The Hall–Kier alpha value is -3.60. The molecule has 4 heterocycles. The van der Waals surface area contributed by atoms with Gasteiger partial charge in [0.2, 0.25) is 0 Å². The Morgan fingerprint density at radius 2 is 1.62 bits per heavy atom. The molecule has 0 atom stereocenters. The summed E-state index contributed by atoms with van der Waals surface area (Å²) in [5.74, 6) is 2.82. The number of aromatic amines is 1. The van der Waals surface area contributed by atoms with Crippen LogP contribution in [-0.2, 0) is 0 Å². The first-order chi connectivity index (χ1) is 14.0. The van der Waals surface area contributed by atoms with E-state index in [0.29, 0.717) is 11.6 Å². The van der Waals surface area contributed by atoms with Crippen LogP contribution in [0.25, 0.3) is 5.69 Å². The molecule has 7 N–H and O–H groups in total. The van der Waals surface area contributed by atoms with Crippen LogP contribution in [-0.4, -0.2) is 44.0 Å². The molecular weight excluding hydrogens is 436 g/mol. The Morgan fingerprint density at radius 3 is 2.00 bits per heavy atom. The fourth-order valence-electron chi connectivity index (χ4n) is 1.94. The summed E-state index contributed by atoms with van der Waals surface area (Å²) in [4.78, 5) is 8.21. The predicted molar refractivity (Wildman–Crippen MR) is 120 cm³/mol. The summed E-state index contributed by atoms with van der Waals surface area (Å²) in [7, 11) is 3.67. The van der Waals surface area contributed by atoms with Crippen molar-refractivity contribution in [3.05, 3.63) is 65.7 Å². The molecule has 0 fully saturated rings. The van der Waals surface area contributed by atoms with Crippen molar-refractivity contribution in [1.82, 2.24) is 29.9 Å². The van der Waals surface area contributed by atoms with Crippen LogP contribution in [0.3, 0.4) is 0 Å². The number of aromatic nitrogens is 6. The zero-order valence-corrected chi connectivity index (χ0v) is 17.6. The van der Waals surface area contributed by atoms with Crippen LogP contribution in [0.15, 0.2) is 65.7 Å². The summed E-state index contributed by atoms with van der Waals surface area (Å²) < 4.78 is 2.68. The SMILES string of the molecule is CNc1ccc(-n2ccc(N)n2)cn1.CNc1ccc(Br)cn1.Nc1ccn[nH]1. The van der Waals surface area contributed by atoms with Gasteiger partial charge in [0.15, 0.2) is 0 Å². The molecule has 152 valence electrons. The molecule has 0 aliphatic carbocycles. The van der Waals surface area contributed by atoms with E-state index in [-0.39, 0.29) is 0 Å². The molecule has 0 radical (unpaired) electrons. The van der Waals surface area contributed by atoms with E-state index in [1.54, 1.807) is 41.6 Å². The van der Waals surface area contributed by atoms with E-state index < -0.39 is 0 Å². The smallest absolute Gasteiger partial charge is 0.145 e. The fraction of sp³-hybridized carbons (Fsp3) is 0.111. The van der Waals surface area contributed by atoms with Crippen molar-refractivity contribution in [2.75, 3.05) is 36.2 Å². The average Bonchev–Trinajstić information content (AvgIpc) is 3.41. The molecule has 0 aromatic carbocycles. The summed E-state index contributed by atoms with van der Waals surface area (Å²) in [5.41, 5.74) is 11.6. The third-order valence-corrected chi connectivity index (χ3v) is 3.85. The standard InChI is InChI=1S/C9H11N5.C6H7BrN2.C3H5N3/c1-11-9-3-2-7(6-12-9)14-5-4-8(10)13-14;1-8-6-3-2-5(7)4-9-6;4-3-1-2-5-6-3/h2-6H,1H3,(H2,10,13)(H,11,12);2-4H,1H3,(H,8,9);1-2H,(H3,4,5,6). The number of rotatable bonds is 3. The predicted octanol–water partition coefficient (Wildman–Crippen LogP) is 2.77. The molecule has 0 spiro atoms. The molecule has 29 heavy (non-hydrogen) atoms. The first kappa shape index (κ1) is 21.7. The maximum absolute atomic E-state index is 5.51. The fourth-order valence-corrected chi connectivity index (χ4v) is 2.18. The highest BCUT2D eigenvalue weighted by molar-refractivity contribution is 9.10. The number of nitrogens with zero attached hydrogens (tertiary/aromatic N) is 5. The molecule has 0 saturated carbocycles. The van der Waals surface area contributed by atoms with Gasteiger partial charge in [-0.3, -0.25) is 5.10 Å². The van der Waals surface area contributed by atoms with Crippen molar-refractivity contribution in [2.45, 2.75) is 0 Å². The largest absolute Gasteiger partial charge is 0.384 e. The number of hydrogen-bond acceptors (Lipinski definition) is 8. The minimum absolute atomic E-state index is 0.502. The van der Waals surface area contributed by atoms with Gasteiger partial charge in [-0.1, -0.05) is 0 Å². The second-order valence-corrected chi connectivity index (χ2v) is 6.38. The second kappa shape index (κ2) is 11.3. The quantitative estimate of drug-likeness (QED) is 0.314. The molecule has 0 aliphatic rings. The van der Waals surface area contributed by atoms with Gasteiger partial charge in [-0.2, -0.15) is 10.2 Å². The molecule has 4 rings (SSSR count). The van der Waals surface area contributed by atoms with Gasteiger partial charge in [0.1, 0.15) is 23.3 Å². The average molecular weight is 459 g/mol. The van der Waals surface area contributed by atoms with E-state index in [4.69, 9.17) is 11.5 Å². The maximum atomic E-state index is 5.51. The van der Waals surface area contributed by atoms with Crippen molar-refractivity contribution >= 4 is 39.2 Å². The lowest BCUT2D eigenvalue weighted by atomic mass is 10.4. The Kier molecular flexibility index (Phi) is 8.45. The molecule has 0 amide bonds. The Morgan fingerprint density at radius 1 is 0.931 bits per heavy atom. The van der Waals surface area contributed by atoms with Crippen LogP contribution in [0.4, 0.5) is 23.3 Å². The van der Waals surface area contributed by atoms with Gasteiger partial charge in [0, 0.05) is 37.0 Å². The lowest BCUT2D eigenvalue weighted by molar-refractivity contribution is 0.879. The van der Waals surface area contributed by atoms with Crippen LogP contribution >= 0.6 is 15.9 Å². The monoisotopic (exact) mass is 458 g/mol. The minimum atomic E-state index is 0.502. The van der Waals surface area contributed by atoms with E-state index in [1.165, 1.54) is 0 Å². The van der Waals surface area contributed by atoms with E-state index in [0.717, 1.165) is 21.8 Å². The Balaban J connectivity index is 0.000000171. The number of nitrogens with two attached hydrogens (primary N) is 2. The first-order valence-corrected chi connectivity index (χ1v) is 9.30. The summed E-state index contributed by atoms with van der Waals surface area (Å²) in [6.07, 6.45) is 6.89. The van der Waals surface area contributed by atoms with Gasteiger partial charge in [-0.15, -0.1) is 0 Å². The second-order valence-electron chi connectivity index (χ2n) is 5.46. The molecule has 0 aliphatic heterocycles. The summed E-state index contributed by atoms with van der Waals surface area (Å²) in [6, 6.07) is 11.1. The third kappa shape index (κ3) is 7.50. The lowest BCUT2D eigenvalue weighted by Crippen LogP contribution is -1.98. The van der Waals surface area contributed by atoms with Gasteiger partial charge in [0.25, 0.3) is 0 Å². The molecular formula is C18H23BrN10. The highest BCUT2D eigenvalue weighted by Crippen LogP contribution is 2.10. The topological polar surface area (TPSA) is 148 Å². The number of hydrogen-bond donors (Lipinski definition) is 5. The normalized spacial score (nSPS) is 9.48. The molecule has 4 aromatic heterocycles. The van der Waals surface area contributed by atoms with Crippen LogP contribution in [0.1, 0.15) is 0 Å². The zero-order chi connectivity index (χ0) is 21.1. The van der Waals surface area contributed by atoms with Crippen molar-refractivity contribution in [3.8, 4) is 5.69 Å². The van der Waals surface area contributed by atoms with Gasteiger partial charge in [0.05, 0.1) is 18.1 Å². The third-order valence-electron chi connectivity index (χ3n) is 3.38. The van der Waals surface area contributed by atoms with E-state index in [1.807, 2.05) is 38.4 Å². The number of anilines is 4. The van der Waals surface area contributed by atoms with Crippen LogP contribution in [0.5, 0.6) is 0 Å². The van der Waals surface area contributed by atoms with E-state index >= 15 is 0 Å². The first-order valence-electron chi connectivity index (χ1n) is 8.51. The summed E-state index contributed by atoms with van der Waals surface area (Å²) in [5, 5.41) is 16.0. The highest BCUT2D eigenvalue weighted by Gasteiger charge is 1.98. The van der Waals surface area contributed by atoms with Gasteiger partial charge in [-0.25, -0.2) is 14.6 Å². The molecule has 0 unspecified atom stereocenters. The Labute approximate surface area is 176 Å². The van der Waals surface area contributed by atoms with Gasteiger partial charge >= 0.3 is 0 Å². The van der Waals surface area contributed by atoms with Crippen molar-refractivity contribution < 1.29 is 0 Å². The summed E-state index contributed by atoms with van der Waals surface area (Å²) in [6.45, 7) is 0. The van der Waals surface area contributed by atoms with E-state index in [2.05, 4.69) is 51.8 Å². The molecule has 4 aromatic rings. The van der Waals surface area contributed by atoms with Crippen molar-refractivity contribution in [3.63, 3.8) is 0 Å².